The molecule has 0 aliphatic rings. The second-order valence-electron chi connectivity index (χ2n) is 2.98. The van der Waals surface area contributed by atoms with Crippen LogP contribution in [0.15, 0.2) is 0 Å². The van der Waals surface area contributed by atoms with Crippen LogP contribution < -0.4 is 0 Å². The minimum atomic E-state index is -2.99. The summed E-state index contributed by atoms with van der Waals surface area (Å²) in [4.78, 5) is 20.9. The summed E-state index contributed by atoms with van der Waals surface area (Å²) >= 11 is 9.76. The van der Waals surface area contributed by atoms with Crippen molar-refractivity contribution in [1.29, 1.82) is 0 Å². The molecule has 0 bridgehead atoms. The number of aliphatic hydroxyl groups is 2. The van der Waals surface area contributed by atoms with E-state index in [-0.39, 0.29) is 6.42 Å². The molecule has 0 rings (SSSR count). The Morgan fingerprint density at radius 2 is 1.88 bits per heavy atom. The number of hydrogen-bond donors (Lipinski definition) is 2. The van der Waals surface area contributed by atoms with Gasteiger partial charge in [0, 0.05) is 23.2 Å². The summed E-state index contributed by atoms with van der Waals surface area (Å²) < 4.78 is 8.41. The van der Waals surface area contributed by atoms with Gasteiger partial charge in [0.2, 0.25) is 0 Å². The van der Waals surface area contributed by atoms with Gasteiger partial charge in [-0.25, -0.2) is 9.59 Å². The Balaban J connectivity index is 4.56. The third-order valence-corrected chi connectivity index (χ3v) is 1.87. The van der Waals surface area contributed by atoms with Crippen LogP contribution in [0.2, 0.25) is 0 Å². The van der Waals surface area contributed by atoms with Gasteiger partial charge in [0.15, 0.2) is 6.10 Å². The van der Waals surface area contributed by atoms with Gasteiger partial charge in [-0.05, 0) is 12.8 Å². The maximum absolute atomic E-state index is 10.5. The Labute approximate surface area is 102 Å². The number of carbonyl (C=O) groups is 2. The third kappa shape index (κ3) is 6.12. The van der Waals surface area contributed by atoms with Crippen LogP contribution in [0.4, 0.5) is 9.59 Å². The summed E-state index contributed by atoms with van der Waals surface area (Å²) in [6.45, 7) is 1.84. The predicted molar refractivity (Wildman–Crippen MR) is 55.1 cm³/mol. The Hall–Kier alpha value is -0.560. The van der Waals surface area contributed by atoms with Crippen molar-refractivity contribution in [3.63, 3.8) is 0 Å². The van der Waals surface area contributed by atoms with Crippen LogP contribution in [0.1, 0.15) is 26.2 Å². The molecular formula is C8H12Cl2O6. The van der Waals surface area contributed by atoms with E-state index in [4.69, 9.17) is 23.2 Å². The highest BCUT2D eigenvalue weighted by Gasteiger charge is 2.41. The number of unbranched alkanes of at least 4 members (excludes halogenated alkanes) is 1. The van der Waals surface area contributed by atoms with Crippen molar-refractivity contribution in [1.82, 2.24) is 0 Å². The van der Waals surface area contributed by atoms with Crippen LogP contribution in [0.25, 0.3) is 0 Å². The molecule has 0 saturated heterocycles. The van der Waals surface area contributed by atoms with Crippen LogP contribution in [-0.4, -0.2) is 33.1 Å². The zero-order chi connectivity index (χ0) is 12.8. The lowest BCUT2D eigenvalue weighted by Gasteiger charge is -2.27. The van der Waals surface area contributed by atoms with Gasteiger partial charge in [0.25, 0.3) is 0 Å². The molecule has 0 aromatic rings. The maximum atomic E-state index is 10.5. The summed E-state index contributed by atoms with van der Waals surface area (Å²) in [5.74, 6) is -2.99. The van der Waals surface area contributed by atoms with Crippen molar-refractivity contribution in [3.8, 4) is 0 Å². The van der Waals surface area contributed by atoms with Crippen LogP contribution in [0, 0.1) is 0 Å². The molecule has 2 N–H and O–H groups in total. The smallest absolute Gasteiger partial charge is 0.408 e. The van der Waals surface area contributed by atoms with Crippen LogP contribution in [0.3, 0.4) is 0 Å². The summed E-state index contributed by atoms with van der Waals surface area (Å²) in [5.41, 5.74) is -2.67. The molecule has 0 aliphatic heterocycles. The van der Waals surface area contributed by atoms with E-state index in [1.54, 1.807) is 0 Å². The van der Waals surface area contributed by atoms with E-state index >= 15 is 0 Å². The molecule has 0 radical (unpaired) electrons. The van der Waals surface area contributed by atoms with Crippen molar-refractivity contribution in [3.05, 3.63) is 0 Å². The largest absolute Gasteiger partial charge is 0.440 e. The second kappa shape index (κ2) is 6.90. The standard InChI is InChI=1S/C8H12Cl2O6/c1-2-3-4-5(15-6(9)11)8(13,14)16-7(10)12/h5,13-14H,2-4H2,1H3. The van der Waals surface area contributed by atoms with E-state index in [0.717, 1.165) is 0 Å². The first-order valence-corrected chi connectivity index (χ1v) is 5.24. The van der Waals surface area contributed by atoms with Gasteiger partial charge in [0.1, 0.15) is 0 Å². The van der Waals surface area contributed by atoms with Crippen molar-refractivity contribution >= 4 is 34.1 Å². The van der Waals surface area contributed by atoms with E-state index in [0.29, 0.717) is 12.8 Å². The summed E-state index contributed by atoms with van der Waals surface area (Å²) in [5, 5.41) is 18.6. The zero-order valence-corrected chi connectivity index (χ0v) is 9.99. The molecule has 1 atom stereocenters. The normalized spacial score (nSPS) is 13.1. The van der Waals surface area contributed by atoms with Gasteiger partial charge in [-0.2, -0.15) is 0 Å². The van der Waals surface area contributed by atoms with Crippen molar-refractivity contribution < 1.29 is 29.3 Å². The lowest BCUT2D eigenvalue weighted by molar-refractivity contribution is -0.345. The molecule has 0 saturated carbocycles. The van der Waals surface area contributed by atoms with Gasteiger partial charge in [-0.15, -0.1) is 0 Å². The molecule has 0 amide bonds. The molecule has 94 valence electrons. The number of rotatable bonds is 6. The van der Waals surface area contributed by atoms with Crippen LogP contribution in [0.5, 0.6) is 0 Å². The minimum absolute atomic E-state index is 0.0616. The van der Waals surface area contributed by atoms with Gasteiger partial charge >= 0.3 is 16.8 Å². The first kappa shape index (κ1) is 15.4. The van der Waals surface area contributed by atoms with E-state index in [1.165, 1.54) is 0 Å². The number of carbonyl (C=O) groups excluding carboxylic acids is 2. The highest BCUT2D eigenvalue weighted by atomic mass is 35.5. The number of hydrogen-bond acceptors (Lipinski definition) is 6. The molecule has 0 heterocycles. The van der Waals surface area contributed by atoms with Crippen LogP contribution >= 0.6 is 23.2 Å². The van der Waals surface area contributed by atoms with E-state index in [2.05, 4.69) is 9.47 Å². The zero-order valence-electron chi connectivity index (χ0n) is 8.48. The van der Waals surface area contributed by atoms with Gasteiger partial charge in [0.05, 0.1) is 0 Å². The third-order valence-electron chi connectivity index (χ3n) is 1.70. The SMILES string of the molecule is CCCCC(OC(=O)Cl)C(O)(O)OC(=O)Cl. The molecule has 16 heavy (non-hydrogen) atoms. The highest BCUT2D eigenvalue weighted by Crippen LogP contribution is 2.20. The Kier molecular flexibility index (Phi) is 6.66. The molecule has 0 aromatic carbocycles. The predicted octanol–water partition coefficient (Wildman–Crippen LogP) is 1.93. The molecular weight excluding hydrogens is 263 g/mol. The fraction of sp³-hybridized carbons (Fsp3) is 0.750. The quantitative estimate of drug-likeness (QED) is 0.568. The molecule has 8 heteroatoms. The van der Waals surface area contributed by atoms with Crippen LogP contribution in [-0.2, 0) is 9.47 Å². The first-order chi connectivity index (χ1) is 7.29. The number of ether oxygens (including phenoxy) is 2. The fourth-order valence-electron chi connectivity index (χ4n) is 1.01. The molecule has 0 aliphatic carbocycles. The van der Waals surface area contributed by atoms with Crippen molar-refractivity contribution in [2.45, 2.75) is 38.3 Å². The molecule has 0 aromatic heterocycles. The molecule has 0 fully saturated rings. The first-order valence-electron chi connectivity index (χ1n) is 4.49. The van der Waals surface area contributed by atoms with Gasteiger partial charge in [-0.1, -0.05) is 13.3 Å². The van der Waals surface area contributed by atoms with Gasteiger partial charge < -0.3 is 19.7 Å². The summed E-state index contributed by atoms with van der Waals surface area (Å²) in [6.07, 6.45) is -0.203. The Morgan fingerprint density at radius 3 is 2.25 bits per heavy atom. The number of halogens is 2. The average Bonchev–Trinajstić information content (AvgIpc) is 2.09. The minimum Gasteiger partial charge on any atom is -0.440 e. The summed E-state index contributed by atoms with van der Waals surface area (Å²) in [6, 6.07) is 0. The fourth-order valence-corrected chi connectivity index (χ4v) is 1.23. The lowest BCUT2D eigenvalue weighted by atomic mass is 10.1. The van der Waals surface area contributed by atoms with E-state index in [1.807, 2.05) is 6.92 Å². The topological polar surface area (TPSA) is 93.1 Å². The second-order valence-corrected chi connectivity index (χ2v) is 3.60. The molecule has 6 nitrogen and oxygen atoms in total. The Bertz CT molecular complexity index is 255. The van der Waals surface area contributed by atoms with Crippen molar-refractivity contribution in [2.24, 2.45) is 0 Å². The Morgan fingerprint density at radius 1 is 1.31 bits per heavy atom. The maximum Gasteiger partial charge on any atom is 0.408 e. The molecule has 0 spiro atoms. The lowest BCUT2D eigenvalue weighted by Crippen LogP contribution is -2.47. The summed E-state index contributed by atoms with van der Waals surface area (Å²) in [7, 11) is 0. The van der Waals surface area contributed by atoms with Gasteiger partial charge in [-0.3, -0.25) is 0 Å². The van der Waals surface area contributed by atoms with E-state index in [9.17, 15) is 19.8 Å². The van der Waals surface area contributed by atoms with Crippen molar-refractivity contribution in [2.75, 3.05) is 0 Å². The average molecular weight is 275 g/mol. The molecule has 1 unspecified atom stereocenters. The highest BCUT2D eigenvalue weighted by molar-refractivity contribution is 6.61. The van der Waals surface area contributed by atoms with E-state index < -0.39 is 22.9 Å². The monoisotopic (exact) mass is 274 g/mol.